The summed E-state index contributed by atoms with van der Waals surface area (Å²) in [7, 11) is 3.25. The first-order valence-electron chi connectivity index (χ1n) is 10.3. The molecule has 3 N–H and O–H groups in total. The molecule has 0 heterocycles. The molecule has 0 aromatic heterocycles. The Bertz CT molecular complexity index is 830. The van der Waals surface area contributed by atoms with E-state index in [0.717, 1.165) is 3.57 Å². The molecule has 0 bridgehead atoms. The molecule has 2 amide bonds. The van der Waals surface area contributed by atoms with E-state index in [-0.39, 0.29) is 24.8 Å². The summed E-state index contributed by atoms with van der Waals surface area (Å²) in [5.74, 6) is -2.29. The summed E-state index contributed by atoms with van der Waals surface area (Å²) in [6.07, 6.45) is -0.518. The van der Waals surface area contributed by atoms with E-state index in [2.05, 4.69) is 33.2 Å². The number of benzene rings is 1. The molecule has 0 fully saturated rings. The van der Waals surface area contributed by atoms with Crippen LogP contribution in [-0.2, 0) is 25.6 Å². The molecule has 178 valence electrons. The normalized spacial score (nSPS) is 12.9. The largest absolute Gasteiger partial charge is 0.496 e. The third kappa shape index (κ3) is 9.11. The number of ketones is 1. The SMILES string of the molecule is CCN(C)CC(=O)[C@H](CC(=O)O)NC(=O)[C@@H](NC(=O)Cc1cc(I)ccc1OC)C(C)C. The van der Waals surface area contributed by atoms with Gasteiger partial charge < -0.3 is 20.5 Å². The number of carbonyl (C=O) groups is 4. The average molecular weight is 561 g/mol. The Morgan fingerprint density at radius 1 is 1.19 bits per heavy atom. The number of carboxylic acid groups (broad SMARTS) is 1. The van der Waals surface area contributed by atoms with Gasteiger partial charge in [-0.15, -0.1) is 0 Å². The molecule has 0 unspecified atom stereocenters. The summed E-state index contributed by atoms with van der Waals surface area (Å²) in [6.45, 7) is 6.00. The summed E-state index contributed by atoms with van der Waals surface area (Å²) in [5.41, 5.74) is 0.682. The lowest BCUT2D eigenvalue weighted by Crippen LogP contribution is -2.55. The number of aliphatic carboxylic acids is 1. The lowest BCUT2D eigenvalue weighted by atomic mass is 10.0. The molecule has 2 atom stereocenters. The van der Waals surface area contributed by atoms with Crippen LogP contribution in [0.1, 0.15) is 32.8 Å². The van der Waals surface area contributed by atoms with Crippen LogP contribution in [0.2, 0.25) is 0 Å². The maximum atomic E-state index is 12.9. The van der Waals surface area contributed by atoms with Gasteiger partial charge in [0.2, 0.25) is 11.8 Å². The quantitative estimate of drug-likeness (QED) is 0.312. The minimum atomic E-state index is -1.20. The zero-order valence-electron chi connectivity index (χ0n) is 19.1. The molecular formula is C22H32IN3O6. The topological polar surface area (TPSA) is 125 Å². The van der Waals surface area contributed by atoms with Gasteiger partial charge in [0.1, 0.15) is 11.8 Å². The number of hydrogen-bond acceptors (Lipinski definition) is 6. The zero-order chi connectivity index (χ0) is 24.4. The van der Waals surface area contributed by atoms with E-state index in [1.165, 1.54) is 7.11 Å². The number of Topliss-reactive ketones (excluding diaryl/α,β-unsaturated/α-hetero) is 1. The Hall–Kier alpha value is -2.21. The summed E-state index contributed by atoms with van der Waals surface area (Å²) in [4.78, 5) is 51.0. The van der Waals surface area contributed by atoms with E-state index in [0.29, 0.717) is 17.9 Å². The van der Waals surface area contributed by atoms with Crippen molar-refractivity contribution >= 4 is 46.2 Å². The number of methoxy groups -OCH3 is 1. The van der Waals surface area contributed by atoms with Crippen LogP contribution in [0, 0.1) is 9.49 Å². The minimum Gasteiger partial charge on any atom is -0.496 e. The number of hydrogen-bond donors (Lipinski definition) is 3. The molecule has 10 heteroatoms. The first kappa shape index (κ1) is 27.8. The summed E-state index contributed by atoms with van der Waals surface area (Å²) < 4.78 is 6.24. The van der Waals surface area contributed by atoms with Crippen molar-refractivity contribution in [1.82, 2.24) is 15.5 Å². The molecule has 9 nitrogen and oxygen atoms in total. The van der Waals surface area contributed by atoms with Gasteiger partial charge >= 0.3 is 5.97 Å². The molecule has 32 heavy (non-hydrogen) atoms. The number of likely N-dealkylation sites (N-methyl/N-ethyl adjacent to an activating group) is 1. The maximum Gasteiger partial charge on any atom is 0.305 e. The second-order valence-corrected chi connectivity index (χ2v) is 9.12. The van der Waals surface area contributed by atoms with Gasteiger partial charge in [0, 0.05) is 9.13 Å². The lowest BCUT2D eigenvalue weighted by molar-refractivity contribution is -0.141. The minimum absolute atomic E-state index is 0.00922. The van der Waals surface area contributed by atoms with Gasteiger partial charge in [-0.1, -0.05) is 20.8 Å². The molecule has 1 aromatic rings. The third-order valence-electron chi connectivity index (χ3n) is 4.91. The number of nitrogens with zero attached hydrogens (tertiary/aromatic N) is 1. The van der Waals surface area contributed by atoms with E-state index < -0.39 is 36.2 Å². The molecule has 1 rings (SSSR count). The standard InChI is InChI=1S/C22H32IN3O6/c1-6-26(4)12-17(27)16(11-20(29)30)24-22(31)21(13(2)3)25-19(28)10-14-9-15(23)7-8-18(14)32-5/h7-9,13,16,21H,6,10-12H2,1-5H3,(H,24,31)(H,25,28)(H,29,30)/t16-,21-/m0/s1. The van der Waals surface area contributed by atoms with Crippen molar-refractivity contribution < 1.29 is 29.0 Å². The molecular weight excluding hydrogens is 529 g/mol. The lowest BCUT2D eigenvalue weighted by Gasteiger charge is -2.25. The average Bonchev–Trinajstić information content (AvgIpc) is 2.70. The molecule has 1 aromatic carbocycles. The second kappa shape index (κ2) is 13.4. The predicted molar refractivity (Wildman–Crippen MR) is 129 cm³/mol. The molecule has 0 aliphatic heterocycles. The first-order valence-corrected chi connectivity index (χ1v) is 11.4. The second-order valence-electron chi connectivity index (χ2n) is 7.88. The fraction of sp³-hybridized carbons (Fsp3) is 0.545. The smallest absolute Gasteiger partial charge is 0.305 e. The van der Waals surface area contributed by atoms with Gasteiger partial charge in [-0.2, -0.15) is 0 Å². The number of rotatable bonds is 13. The Morgan fingerprint density at radius 2 is 1.84 bits per heavy atom. The van der Waals surface area contributed by atoms with Gasteiger partial charge in [-0.05, 0) is 60.3 Å². The molecule has 0 spiro atoms. The number of nitrogens with one attached hydrogen (secondary N) is 2. The van der Waals surface area contributed by atoms with Crippen molar-refractivity contribution in [2.24, 2.45) is 5.92 Å². The highest BCUT2D eigenvalue weighted by Crippen LogP contribution is 2.21. The van der Waals surface area contributed by atoms with E-state index in [1.54, 1.807) is 31.9 Å². The highest BCUT2D eigenvalue weighted by Gasteiger charge is 2.30. The van der Waals surface area contributed by atoms with Crippen LogP contribution in [-0.4, -0.2) is 72.9 Å². The third-order valence-corrected chi connectivity index (χ3v) is 5.58. The molecule has 0 saturated carbocycles. The van der Waals surface area contributed by atoms with E-state index in [9.17, 15) is 19.2 Å². The Morgan fingerprint density at radius 3 is 2.38 bits per heavy atom. The maximum absolute atomic E-state index is 12.9. The Balaban J connectivity index is 2.93. The van der Waals surface area contributed by atoms with Crippen molar-refractivity contribution in [1.29, 1.82) is 0 Å². The summed E-state index contributed by atoms with van der Waals surface area (Å²) >= 11 is 2.14. The number of ether oxygens (including phenoxy) is 1. The van der Waals surface area contributed by atoms with Crippen LogP contribution < -0.4 is 15.4 Å². The monoisotopic (exact) mass is 561 g/mol. The van der Waals surface area contributed by atoms with Gasteiger partial charge in [-0.3, -0.25) is 24.1 Å². The van der Waals surface area contributed by atoms with Crippen molar-refractivity contribution in [2.75, 3.05) is 27.2 Å². The van der Waals surface area contributed by atoms with Crippen LogP contribution in [0.15, 0.2) is 18.2 Å². The summed E-state index contributed by atoms with van der Waals surface area (Å²) in [6, 6.07) is 3.36. The highest BCUT2D eigenvalue weighted by atomic mass is 127. The number of carbonyl (C=O) groups excluding carboxylic acids is 3. The van der Waals surface area contributed by atoms with E-state index in [4.69, 9.17) is 9.84 Å². The van der Waals surface area contributed by atoms with Gasteiger partial charge in [0.15, 0.2) is 5.78 Å². The van der Waals surface area contributed by atoms with Crippen LogP contribution in [0.5, 0.6) is 5.75 Å². The number of amides is 2. The van der Waals surface area contributed by atoms with Crippen LogP contribution in [0.3, 0.4) is 0 Å². The molecule has 0 aliphatic carbocycles. The van der Waals surface area contributed by atoms with Gasteiger partial charge in [-0.25, -0.2) is 0 Å². The van der Waals surface area contributed by atoms with E-state index >= 15 is 0 Å². The Kier molecular flexibility index (Phi) is 11.6. The molecule has 0 aliphatic rings. The predicted octanol–water partition coefficient (Wildman–Crippen LogP) is 1.46. The number of halogens is 1. The van der Waals surface area contributed by atoms with Crippen LogP contribution >= 0.6 is 22.6 Å². The molecule has 0 radical (unpaired) electrons. The first-order chi connectivity index (χ1) is 15.0. The van der Waals surface area contributed by atoms with Crippen LogP contribution in [0.4, 0.5) is 0 Å². The number of carboxylic acids is 1. The van der Waals surface area contributed by atoms with Crippen LogP contribution in [0.25, 0.3) is 0 Å². The molecule has 0 saturated heterocycles. The van der Waals surface area contributed by atoms with Crippen molar-refractivity contribution in [3.63, 3.8) is 0 Å². The Labute approximate surface area is 202 Å². The van der Waals surface area contributed by atoms with E-state index in [1.807, 2.05) is 19.1 Å². The highest BCUT2D eigenvalue weighted by molar-refractivity contribution is 14.1. The summed E-state index contributed by atoms with van der Waals surface area (Å²) in [5, 5.41) is 14.4. The van der Waals surface area contributed by atoms with Crippen molar-refractivity contribution in [2.45, 2.75) is 45.7 Å². The van der Waals surface area contributed by atoms with Crippen molar-refractivity contribution in [3.05, 3.63) is 27.3 Å². The fourth-order valence-electron chi connectivity index (χ4n) is 2.99. The van der Waals surface area contributed by atoms with Crippen molar-refractivity contribution in [3.8, 4) is 5.75 Å². The van der Waals surface area contributed by atoms with Gasteiger partial charge in [0.05, 0.1) is 32.5 Å². The van der Waals surface area contributed by atoms with Gasteiger partial charge in [0.25, 0.3) is 0 Å². The zero-order valence-corrected chi connectivity index (χ0v) is 21.3. The fourth-order valence-corrected chi connectivity index (χ4v) is 3.54.